The van der Waals surface area contributed by atoms with Gasteiger partial charge in [-0.3, -0.25) is 4.79 Å². The lowest BCUT2D eigenvalue weighted by Gasteiger charge is -2.06. The van der Waals surface area contributed by atoms with Crippen LogP contribution in [0.15, 0.2) is 65.2 Å². The predicted octanol–water partition coefficient (Wildman–Crippen LogP) is 3.69. The molecule has 0 unspecified atom stereocenters. The van der Waals surface area contributed by atoms with Gasteiger partial charge in [-0.2, -0.15) is 0 Å². The molecule has 122 valence electrons. The van der Waals surface area contributed by atoms with Crippen molar-refractivity contribution < 1.29 is 14.1 Å². The summed E-state index contributed by atoms with van der Waals surface area (Å²) in [6, 6.07) is 18.3. The molecular formula is C18H15ClN2O3. The van der Waals surface area contributed by atoms with E-state index in [1.807, 2.05) is 30.3 Å². The van der Waals surface area contributed by atoms with Gasteiger partial charge in [0.2, 0.25) is 0 Å². The Balaban J connectivity index is 1.48. The minimum absolute atomic E-state index is 0.0783. The highest BCUT2D eigenvalue weighted by molar-refractivity contribution is 6.30. The maximum atomic E-state index is 11.8. The molecule has 2 aromatic carbocycles. The largest absolute Gasteiger partial charge is 0.484 e. The highest BCUT2D eigenvalue weighted by Gasteiger charge is 2.08. The third-order valence-electron chi connectivity index (χ3n) is 3.27. The van der Waals surface area contributed by atoms with Crippen molar-refractivity contribution in [3.63, 3.8) is 0 Å². The second-order valence-electron chi connectivity index (χ2n) is 5.07. The Labute approximate surface area is 144 Å². The van der Waals surface area contributed by atoms with E-state index in [9.17, 15) is 4.79 Å². The second-order valence-corrected chi connectivity index (χ2v) is 5.50. The number of carbonyl (C=O) groups is 1. The Bertz CT molecular complexity index is 801. The zero-order valence-electron chi connectivity index (χ0n) is 12.7. The van der Waals surface area contributed by atoms with Crippen LogP contribution in [0.3, 0.4) is 0 Å². The van der Waals surface area contributed by atoms with Crippen molar-refractivity contribution in [3.05, 3.63) is 71.4 Å². The number of nitrogens with one attached hydrogen (secondary N) is 1. The molecule has 5 nitrogen and oxygen atoms in total. The molecule has 1 heterocycles. The summed E-state index contributed by atoms with van der Waals surface area (Å²) in [5, 5.41) is 7.30. The number of hydrogen-bond acceptors (Lipinski definition) is 4. The summed E-state index contributed by atoms with van der Waals surface area (Å²) in [7, 11) is 0. The van der Waals surface area contributed by atoms with E-state index >= 15 is 0 Å². The molecule has 0 radical (unpaired) electrons. The molecule has 0 atom stereocenters. The van der Waals surface area contributed by atoms with Gasteiger partial charge in [0.25, 0.3) is 5.91 Å². The molecule has 0 aliphatic heterocycles. The topological polar surface area (TPSA) is 64.4 Å². The van der Waals surface area contributed by atoms with E-state index < -0.39 is 0 Å². The van der Waals surface area contributed by atoms with Crippen LogP contribution in [0.4, 0.5) is 0 Å². The number of ether oxygens (including phenoxy) is 1. The van der Waals surface area contributed by atoms with E-state index in [1.165, 1.54) is 0 Å². The first kappa shape index (κ1) is 16.1. The van der Waals surface area contributed by atoms with E-state index in [1.54, 1.807) is 30.3 Å². The number of halogens is 1. The standard InChI is InChI=1S/C18H15ClN2O3/c19-14-6-8-16(9-7-14)23-12-18(22)20-11-15-10-17(24-21-15)13-4-2-1-3-5-13/h1-10H,11-12H2,(H,20,22). The number of benzene rings is 2. The fourth-order valence-corrected chi connectivity index (χ4v) is 2.18. The smallest absolute Gasteiger partial charge is 0.258 e. The minimum atomic E-state index is -0.241. The molecule has 1 amide bonds. The van der Waals surface area contributed by atoms with Crippen LogP contribution in [0.5, 0.6) is 5.75 Å². The quantitative estimate of drug-likeness (QED) is 0.742. The van der Waals surface area contributed by atoms with E-state index in [4.69, 9.17) is 20.9 Å². The summed E-state index contributed by atoms with van der Waals surface area (Å²) >= 11 is 5.79. The Kier molecular flexibility index (Phi) is 5.13. The van der Waals surface area contributed by atoms with Crippen molar-refractivity contribution in [2.24, 2.45) is 0 Å². The first-order chi connectivity index (χ1) is 11.7. The van der Waals surface area contributed by atoms with E-state index in [-0.39, 0.29) is 19.1 Å². The highest BCUT2D eigenvalue weighted by Crippen LogP contribution is 2.19. The van der Waals surface area contributed by atoms with Crippen molar-refractivity contribution in [2.75, 3.05) is 6.61 Å². The van der Waals surface area contributed by atoms with Gasteiger partial charge in [0.15, 0.2) is 12.4 Å². The fraction of sp³-hybridized carbons (Fsp3) is 0.111. The van der Waals surface area contributed by atoms with E-state index in [0.717, 1.165) is 5.56 Å². The normalized spacial score (nSPS) is 10.4. The summed E-state index contributed by atoms with van der Waals surface area (Å²) in [6.45, 7) is 0.199. The SMILES string of the molecule is O=C(COc1ccc(Cl)cc1)NCc1cc(-c2ccccc2)on1. The summed E-state index contributed by atoms with van der Waals surface area (Å²) in [5.41, 5.74) is 1.59. The second kappa shape index (κ2) is 7.66. The fourth-order valence-electron chi connectivity index (χ4n) is 2.05. The first-order valence-corrected chi connectivity index (χ1v) is 7.74. The van der Waals surface area contributed by atoms with Crippen LogP contribution in [0.25, 0.3) is 11.3 Å². The Morgan fingerprint density at radius 2 is 1.88 bits per heavy atom. The molecule has 1 aromatic heterocycles. The van der Waals surface area contributed by atoms with Gasteiger partial charge in [0, 0.05) is 16.7 Å². The van der Waals surface area contributed by atoms with Crippen LogP contribution in [0, 0.1) is 0 Å². The Hall–Kier alpha value is -2.79. The lowest BCUT2D eigenvalue weighted by Crippen LogP contribution is -2.28. The van der Waals surface area contributed by atoms with Crippen LogP contribution in [0.2, 0.25) is 5.02 Å². The molecule has 3 aromatic rings. The van der Waals surface area contributed by atoms with Gasteiger partial charge in [0.1, 0.15) is 11.4 Å². The average Bonchev–Trinajstić information content (AvgIpc) is 3.09. The molecule has 0 fully saturated rings. The van der Waals surface area contributed by atoms with Crippen LogP contribution in [0.1, 0.15) is 5.69 Å². The summed E-state index contributed by atoms with van der Waals surface area (Å²) in [6.07, 6.45) is 0. The molecule has 0 aliphatic rings. The third kappa shape index (κ3) is 4.36. The minimum Gasteiger partial charge on any atom is -0.484 e. The van der Waals surface area contributed by atoms with E-state index in [0.29, 0.717) is 22.2 Å². The Morgan fingerprint density at radius 1 is 1.12 bits per heavy atom. The van der Waals surface area contributed by atoms with Crippen molar-refractivity contribution in [2.45, 2.75) is 6.54 Å². The number of carbonyl (C=O) groups excluding carboxylic acids is 1. The maximum absolute atomic E-state index is 11.8. The van der Waals surface area contributed by atoms with Gasteiger partial charge in [0.05, 0.1) is 6.54 Å². The Morgan fingerprint density at radius 3 is 2.62 bits per heavy atom. The lowest BCUT2D eigenvalue weighted by molar-refractivity contribution is -0.123. The van der Waals surface area contributed by atoms with Crippen LogP contribution in [-0.2, 0) is 11.3 Å². The first-order valence-electron chi connectivity index (χ1n) is 7.37. The zero-order valence-corrected chi connectivity index (χ0v) is 13.5. The van der Waals surface area contributed by atoms with Crippen molar-refractivity contribution in [1.29, 1.82) is 0 Å². The highest BCUT2D eigenvalue weighted by atomic mass is 35.5. The molecule has 0 bridgehead atoms. The molecular weight excluding hydrogens is 328 g/mol. The number of nitrogens with zero attached hydrogens (tertiary/aromatic N) is 1. The van der Waals surface area contributed by atoms with Crippen molar-refractivity contribution >= 4 is 17.5 Å². The lowest BCUT2D eigenvalue weighted by atomic mass is 10.2. The number of aromatic nitrogens is 1. The predicted molar refractivity (Wildman–Crippen MR) is 90.7 cm³/mol. The van der Waals surface area contributed by atoms with Crippen molar-refractivity contribution in [3.8, 4) is 17.1 Å². The molecule has 3 rings (SSSR count). The third-order valence-corrected chi connectivity index (χ3v) is 3.52. The van der Waals surface area contributed by atoms with Crippen LogP contribution < -0.4 is 10.1 Å². The van der Waals surface area contributed by atoms with Gasteiger partial charge in [-0.15, -0.1) is 0 Å². The summed E-state index contributed by atoms with van der Waals surface area (Å²) < 4.78 is 10.6. The molecule has 0 spiro atoms. The molecule has 0 saturated heterocycles. The van der Waals surface area contributed by atoms with Gasteiger partial charge in [-0.1, -0.05) is 47.1 Å². The van der Waals surface area contributed by atoms with Gasteiger partial charge >= 0.3 is 0 Å². The number of amides is 1. The summed E-state index contributed by atoms with van der Waals surface area (Å²) in [4.78, 5) is 11.8. The number of rotatable bonds is 6. The van der Waals surface area contributed by atoms with Gasteiger partial charge < -0.3 is 14.6 Å². The molecule has 0 aliphatic carbocycles. The molecule has 0 saturated carbocycles. The van der Waals surface area contributed by atoms with E-state index in [2.05, 4.69) is 10.5 Å². The monoisotopic (exact) mass is 342 g/mol. The number of hydrogen-bond donors (Lipinski definition) is 1. The molecule has 24 heavy (non-hydrogen) atoms. The average molecular weight is 343 g/mol. The van der Waals surface area contributed by atoms with Crippen LogP contribution in [-0.4, -0.2) is 17.7 Å². The van der Waals surface area contributed by atoms with Crippen molar-refractivity contribution in [1.82, 2.24) is 10.5 Å². The van der Waals surface area contributed by atoms with Crippen LogP contribution >= 0.6 is 11.6 Å². The van der Waals surface area contributed by atoms with Gasteiger partial charge in [-0.25, -0.2) is 0 Å². The molecule has 6 heteroatoms. The van der Waals surface area contributed by atoms with Gasteiger partial charge in [-0.05, 0) is 24.3 Å². The maximum Gasteiger partial charge on any atom is 0.258 e. The summed E-state index contributed by atoms with van der Waals surface area (Å²) in [5.74, 6) is 1.01. The molecule has 1 N–H and O–H groups in total. The zero-order chi connectivity index (χ0) is 16.8.